The Balaban J connectivity index is 1.68. The largest absolute Gasteiger partial charge is 0.495 e. The zero-order chi connectivity index (χ0) is 19.6. The number of fused-ring (bicyclic) bond motifs is 4. The maximum Gasteiger partial charge on any atom is 0.250 e. The van der Waals surface area contributed by atoms with E-state index in [4.69, 9.17) is 4.74 Å². The third-order valence-corrected chi connectivity index (χ3v) is 6.10. The van der Waals surface area contributed by atoms with Crippen LogP contribution in [0, 0.1) is 11.8 Å². The molecule has 142 valence electrons. The summed E-state index contributed by atoms with van der Waals surface area (Å²) in [5.74, 6) is -2.00. The van der Waals surface area contributed by atoms with Crippen molar-refractivity contribution < 1.29 is 19.1 Å². The Bertz CT molecular complexity index is 1040. The highest BCUT2D eigenvalue weighted by Gasteiger charge is 2.70. The van der Waals surface area contributed by atoms with Gasteiger partial charge in [-0.15, -0.1) is 0 Å². The van der Waals surface area contributed by atoms with Crippen LogP contribution < -0.4 is 20.3 Å². The molecule has 4 unspecified atom stereocenters. The molecule has 3 amide bonds. The molecule has 28 heavy (non-hydrogen) atoms. The van der Waals surface area contributed by atoms with Crippen molar-refractivity contribution in [2.24, 2.45) is 11.8 Å². The summed E-state index contributed by atoms with van der Waals surface area (Å²) in [6, 6.07) is 13.9. The van der Waals surface area contributed by atoms with E-state index in [0.717, 1.165) is 0 Å². The number of carbonyl (C=O) groups excluding carboxylic acids is 3. The predicted molar refractivity (Wildman–Crippen MR) is 102 cm³/mol. The maximum absolute atomic E-state index is 13.6. The summed E-state index contributed by atoms with van der Waals surface area (Å²) in [6.07, 6.45) is 0. The summed E-state index contributed by atoms with van der Waals surface area (Å²) in [6.45, 7) is 1.84. The number of amides is 3. The number of methoxy groups -OCH3 is 1. The Morgan fingerprint density at radius 3 is 2.50 bits per heavy atom. The van der Waals surface area contributed by atoms with Crippen LogP contribution in [0.4, 0.5) is 11.4 Å². The van der Waals surface area contributed by atoms with E-state index in [1.165, 1.54) is 12.0 Å². The van der Waals surface area contributed by atoms with E-state index in [-0.39, 0.29) is 23.8 Å². The van der Waals surface area contributed by atoms with Crippen LogP contribution in [0.2, 0.25) is 0 Å². The van der Waals surface area contributed by atoms with Crippen molar-refractivity contribution in [2.45, 2.75) is 18.5 Å². The van der Waals surface area contributed by atoms with Gasteiger partial charge in [0.05, 0.1) is 24.6 Å². The zero-order valence-corrected chi connectivity index (χ0v) is 15.4. The first-order valence-electron chi connectivity index (χ1n) is 9.20. The molecule has 5 rings (SSSR count). The van der Waals surface area contributed by atoms with E-state index in [0.29, 0.717) is 22.7 Å². The quantitative estimate of drug-likeness (QED) is 0.777. The number of hydrogen-bond acceptors (Lipinski definition) is 5. The van der Waals surface area contributed by atoms with E-state index >= 15 is 0 Å². The third kappa shape index (κ3) is 1.89. The predicted octanol–water partition coefficient (Wildman–Crippen LogP) is 1.64. The molecule has 2 N–H and O–H groups in total. The summed E-state index contributed by atoms with van der Waals surface area (Å²) in [5, 5.41) is 6.15. The fourth-order valence-electron chi connectivity index (χ4n) is 4.97. The first-order valence-corrected chi connectivity index (χ1v) is 9.20. The molecule has 7 nitrogen and oxygen atoms in total. The molecule has 3 heterocycles. The molecule has 0 radical (unpaired) electrons. The second-order valence-corrected chi connectivity index (χ2v) is 7.43. The minimum atomic E-state index is -1.25. The van der Waals surface area contributed by atoms with Crippen LogP contribution in [-0.2, 0) is 19.9 Å². The molecule has 7 heteroatoms. The number of nitrogens with one attached hydrogen (secondary N) is 2. The fraction of sp³-hybridized carbons (Fsp3) is 0.286. The second-order valence-electron chi connectivity index (χ2n) is 7.43. The normalized spacial score (nSPS) is 30.6. The molecule has 0 aliphatic carbocycles. The van der Waals surface area contributed by atoms with Crippen molar-refractivity contribution >= 4 is 29.1 Å². The Morgan fingerprint density at radius 1 is 1.00 bits per heavy atom. The van der Waals surface area contributed by atoms with Crippen LogP contribution in [0.15, 0.2) is 48.5 Å². The molecule has 4 atom stereocenters. The van der Waals surface area contributed by atoms with Crippen molar-refractivity contribution in [3.8, 4) is 5.75 Å². The molecular weight excluding hydrogens is 358 g/mol. The number of para-hydroxylation sites is 3. The molecule has 3 aliphatic heterocycles. The van der Waals surface area contributed by atoms with E-state index in [1.807, 2.05) is 25.1 Å². The van der Waals surface area contributed by atoms with Gasteiger partial charge in [-0.25, -0.2) is 4.90 Å². The van der Waals surface area contributed by atoms with Crippen molar-refractivity contribution in [1.82, 2.24) is 5.32 Å². The van der Waals surface area contributed by atoms with Crippen molar-refractivity contribution in [3.05, 3.63) is 54.1 Å². The van der Waals surface area contributed by atoms with Crippen LogP contribution in [-0.4, -0.2) is 30.9 Å². The van der Waals surface area contributed by atoms with E-state index in [1.54, 1.807) is 30.3 Å². The lowest BCUT2D eigenvalue weighted by Crippen LogP contribution is -2.53. The summed E-state index contributed by atoms with van der Waals surface area (Å²) < 4.78 is 5.36. The zero-order valence-electron chi connectivity index (χ0n) is 15.4. The topological polar surface area (TPSA) is 87.7 Å². The minimum Gasteiger partial charge on any atom is -0.495 e. The molecule has 0 aromatic heterocycles. The van der Waals surface area contributed by atoms with Gasteiger partial charge in [0, 0.05) is 17.3 Å². The van der Waals surface area contributed by atoms with Crippen LogP contribution in [0.1, 0.15) is 12.5 Å². The second kappa shape index (κ2) is 5.65. The molecule has 1 spiro atoms. The number of benzene rings is 2. The summed E-state index contributed by atoms with van der Waals surface area (Å²) in [4.78, 5) is 41.1. The lowest BCUT2D eigenvalue weighted by molar-refractivity contribution is -0.130. The minimum absolute atomic E-state index is 0.295. The van der Waals surface area contributed by atoms with Crippen LogP contribution >= 0.6 is 0 Å². The van der Waals surface area contributed by atoms with E-state index < -0.39 is 17.4 Å². The first kappa shape index (κ1) is 16.9. The van der Waals surface area contributed by atoms with Gasteiger partial charge in [-0.2, -0.15) is 0 Å². The van der Waals surface area contributed by atoms with E-state index in [9.17, 15) is 14.4 Å². The molecule has 2 aromatic rings. The monoisotopic (exact) mass is 377 g/mol. The number of ether oxygens (including phenoxy) is 1. The van der Waals surface area contributed by atoms with Crippen molar-refractivity contribution in [2.75, 3.05) is 17.3 Å². The first-order chi connectivity index (χ1) is 13.5. The van der Waals surface area contributed by atoms with Gasteiger partial charge in [0.1, 0.15) is 11.3 Å². The van der Waals surface area contributed by atoms with Gasteiger partial charge >= 0.3 is 0 Å². The number of rotatable bonds is 2. The van der Waals surface area contributed by atoms with E-state index in [2.05, 4.69) is 10.6 Å². The number of nitrogens with zero attached hydrogens (tertiary/aromatic N) is 1. The lowest BCUT2D eigenvalue weighted by Gasteiger charge is -2.29. The average molecular weight is 377 g/mol. The number of anilines is 2. The molecule has 2 fully saturated rings. The van der Waals surface area contributed by atoms with Gasteiger partial charge in [0.2, 0.25) is 17.7 Å². The maximum atomic E-state index is 13.6. The molecule has 2 saturated heterocycles. The highest BCUT2D eigenvalue weighted by molar-refractivity contribution is 6.26. The van der Waals surface area contributed by atoms with Crippen molar-refractivity contribution in [3.63, 3.8) is 0 Å². The van der Waals surface area contributed by atoms with Gasteiger partial charge in [0.15, 0.2) is 0 Å². The van der Waals surface area contributed by atoms with Gasteiger partial charge in [-0.1, -0.05) is 30.3 Å². The number of carbonyl (C=O) groups is 3. The standard InChI is InChI=1S/C21H19N3O4/c1-11-16-17(21(23-11)12-7-3-4-8-13(12)22-20(21)27)19(26)24(18(16)25)14-9-5-6-10-15(14)28-2/h3-11,16-17,23H,1-2H3,(H,22,27). The number of imide groups is 1. The van der Waals surface area contributed by atoms with Crippen molar-refractivity contribution in [1.29, 1.82) is 0 Å². The highest BCUT2D eigenvalue weighted by atomic mass is 16.5. The van der Waals surface area contributed by atoms with Gasteiger partial charge < -0.3 is 10.1 Å². The highest BCUT2D eigenvalue weighted by Crippen LogP contribution is 2.53. The summed E-state index contributed by atoms with van der Waals surface area (Å²) >= 11 is 0. The molecule has 3 aliphatic rings. The van der Waals surface area contributed by atoms with Crippen LogP contribution in [0.5, 0.6) is 5.75 Å². The Morgan fingerprint density at radius 2 is 1.71 bits per heavy atom. The SMILES string of the molecule is COc1ccccc1N1C(=O)C2C(C)NC3(C(=O)Nc4ccccc43)C2C1=O. The number of hydrogen-bond donors (Lipinski definition) is 2. The smallest absolute Gasteiger partial charge is 0.250 e. The summed E-state index contributed by atoms with van der Waals surface area (Å²) in [7, 11) is 1.50. The molecule has 0 bridgehead atoms. The lowest BCUT2D eigenvalue weighted by atomic mass is 9.76. The molecule has 0 saturated carbocycles. The van der Waals surface area contributed by atoms with Gasteiger partial charge in [-0.05, 0) is 25.1 Å². The Labute approximate surface area is 161 Å². The molecular formula is C21H19N3O4. The van der Waals surface area contributed by atoms with Gasteiger partial charge in [0.25, 0.3) is 0 Å². The van der Waals surface area contributed by atoms with Gasteiger partial charge in [-0.3, -0.25) is 19.7 Å². The Hall–Kier alpha value is -3.19. The average Bonchev–Trinajstić information content (AvgIpc) is 3.26. The van der Waals surface area contributed by atoms with Crippen LogP contribution in [0.25, 0.3) is 0 Å². The third-order valence-electron chi connectivity index (χ3n) is 6.10. The van der Waals surface area contributed by atoms with Crippen LogP contribution in [0.3, 0.4) is 0 Å². The molecule has 2 aromatic carbocycles. The summed E-state index contributed by atoms with van der Waals surface area (Å²) in [5.41, 5.74) is 0.541. The Kier molecular flexibility index (Phi) is 3.42. The fourth-order valence-corrected chi connectivity index (χ4v) is 4.97.